The summed E-state index contributed by atoms with van der Waals surface area (Å²) in [6, 6.07) is 20.5. The van der Waals surface area contributed by atoms with E-state index in [9.17, 15) is 14.4 Å². The van der Waals surface area contributed by atoms with Crippen molar-refractivity contribution in [3.05, 3.63) is 89.5 Å². The number of amides is 2. The summed E-state index contributed by atoms with van der Waals surface area (Å²) in [6.45, 7) is 3.83. The molecule has 4 rings (SSSR count). The highest BCUT2D eigenvalue weighted by Gasteiger charge is 2.36. The molecule has 0 radical (unpaired) electrons. The third-order valence-electron chi connectivity index (χ3n) is 4.99. The summed E-state index contributed by atoms with van der Waals surface area (Å²) in [4.78, 5) is 38.7. The van der Waals surface area contributed by atoms with Gasteiger partial charge >= 0.3 is 5.97 Å². The predicted octanol–water partition coefficient (Wildman–Crippen LogP) is 4.60. The molecule has 0 saturated heterocycles. The first-order chi connectivity index (χ1) is 15.0. The van der Waals surface area contributed by atoms with Gasteiger partial charge in [0.1, 0.15) is 11.5 Å². The quantitative estimate of drug-likeness (QED) is 0.334. The number of nitrogens with zero attached hydrogens (tertiary/aromatic N) is 1. The Morgan fingerprint density at radius 2 is 1.52 bits per heavy atom. The van der Waals surface area contributed by atoms with Gasteiger partial charge in [0, 0.05) is 6.07 Å². The Kier molecular flexibility index (Phi) is 5.54. The molecule has 0 aliphatic carbocycles. The van der Waals surface area contributed by atoms with E-state index in [0.29, 0.717) is 22.6 Å². The first kappa shape index (κ1) is 20.3. The second-order valence-electron chi connectivity index (χ2n) is 7.44. The van der Waals surface area contributed by atoms with Crippen LogP contribution in [-0.4, -0.2) is 24.4 Å². The molecule has 0 unspecified atom stereocenters. The Morgan fingerprint density at radius 1 is 0.871 bits per heavy atom. The summed E-state index contributed by atoms with van der Waals surface area (Å²) in [6.07, 6.45) is 0. The van der Waals surface area contributed by atoms with Crippen molar-refractivity contribution in [2.45, 2.75) is 19.8 Å². The van der Waals surface area contributed by atoms with Gasteiger partial charge in [-0.1, -0.05) is 50.2 Å². The summed E-state index contributed by atoms with van der Waals surface area (Å²) < 4.78 is 11.0. The number of para-hydroxylation sites is 1. The number of fused-ring (bicyclic) bond motifs is 1. The SMILES string of the molecule is CC(C)c1ccccc1OCC(=O)Oc1cccc(N2C(=O)c3ccccc3C2=O)c1. The van der Waals surface area contributed by atoms with Crippen LogP contribution >= 0.6 is 0 Å². The molecular formula is C25H21NO5. The van der Waals surface area contributed by atoms with Gasteiger partial charge in [0.15, 0.2) is 6.61 Å². The number of hydrogen-bond donors (Lipinski definition) is 0. The Morgan fingerprint density at radius 3 is 2.19 bits per heavy atom. The molecule has 0 spiro atoms. The molecular weight excluding hydrogens is 394 g/mol. The van der Waals surface area contributed by atoms with Gasteiger partial charge in [0.05, 0.1) is 16.8 Å². The predicted molar refractivity (Wildman–Crippen MR) is 116 cm³/mol. The van der Waals surface area contributed by atoms with E-state index in [1.807, 2.05) is 38.1 Å². The largest absolute Gasteiger partial charge is 0.482 e. The van der Waals surface area contributed by atoms with Crippen molar-refractivity contribution in [1.29, 1.82) is 0 Å². The van der Waals surface area contributed by atoms with Crippen LogP contribution in [-0.2, 0) is 4.79 Å². The van der Waals surface area contributed by atoms with Gasteiger partial charge in [-0.05, 0) is 41.8 Å². The standard InChI is InChI=1S/C25H21NO5/c1-16(2)19-10-5-6-13-22(19)30-15-23(27)31-18-9-7-8-17(14-18)26-24(28)20-11-3-4-12-21(20)25(26)29/h3-14,16H,15H2,1-2H3. The normalized spacial score (nSPS) is 12.8. The number of anilines is 1. The van der Waals surface area contributed by atoms with Gasteiger partial charge in [-0.3, -0.25) is 9.59 Å². The van der Waals surface area contributed by atoms with Crippen LogP contribution in [0.25, 0.3) is 0 Å². The lowest BCUT2D eigenvalue weighted by molar-refractivity contribution is -0.136. The average molecular weight is 415 g/mol. The first-order valence-corrected chi connectivity index (χ1v) is 9.96. The molecule has 31 heavy (non-hydrogen) atoms. The topological polar surface area (TPSA) is 72.9 Å². The highest BCUT2D eigenvalue weighted by atomic mass is 16.6. The van der Waals surface area contributed by atoms with Crippen molar-refractivity contribution in [2.24, 2.45) is 0 Å². The van der Waals surface area contributed by atoms with Gasteiger partial charge in [-0.25, -0.2) is 9.69 Å². The molecule has 3 aromatic carbocycles. The molecule has 6 heteroatoms. The van der Waals surface area contributed by atoms with Crippen LogP contribution in [0.15, 0.2) is 72.8 Å². The van der Waals surface area contributed by atoms with Gasteiger partial charge < -0.3 is 9.47 Å². The van der Waals surface area contributed by atoms with E-state index >= 15 is 0 Å². The van der Waals surface area contributed by atoms with E-state index < -0.39 is 17.8 Å². The minimum Gasteiger partial charge on any atom is -0.482 e. The van der Waals surface area contributed by atoms with Gasteiger partial charge in [0.25, 0.3) is 11.8 Å². The minimum absolute atomic E-state index is 0.222. The van der Waals surface area contributed by atoms with E-state index in [1.54, 1.807) is 42.5 Å². The monoisotopic (exact) mass is 415 g/mol. The maximum Gasteiger partial charge on any atom is 0.349 e. The molecule has 0 N–H and O–H groups in total. The lowest BCUT2D eigenvalue weighted by atomic mass is 10.0. The molecule has 0 saturated carbocycles. The highest BCUT2D eigenvalue weighted by molar-refractivity contribution is 6.34. The van der Waals surface area contributed by atoms with Crippen molar-refractivity contribution in [3.63, 3.8) is 0 Å². The van der Waals surface area contributed by atoms with E-state index in [4.69, 9.17) is 9.47 Å². The molecule has 6 nitrogen and oxygen atoms in total. The zero-order valence-corrected chi connectivity index (χ0v) is 17.2. The Hall–Kier alpha value is -3.93. The summed E-state index contributed by atoms with van der Waals surface area (Å²) >= 11 is 0. The molecule has 0 aromatic heterocycles. The molecule has 3 aromatic rings. The molecule has 0 bridgehead atoms. The van der Waals surface area contributed by atoms with Gasteiger partial charge in [0.2, 0.25) is 0 Å². The lowest BCUT2D eigenvalue weighted by Crippen LogP contribution is -2.29. The van der Waals surface area contributed by atoms with Crippen LogP contribution in [0.2, 0.25) is 0 Å². The fourth-order valence-corrected chi connectivity index (χ4v) is 3.50. The fourth-order valence-electron chi connectivity index (χ4n) is 3.50. The second kappa shape index (κ2) is 8.44. The van der Waals surface area contributed by atoms with E-state index in [2.05, 4.69) is 0 Å². The molecule has 1 aliphatic heterocycles. The van der Waals surface area contributed by atoms with Crippen LogP contribution in [0.4, 0.5) is 5.69 Å². The van der Waals surface area contributed by atoms with Crippen molar-refractivity contribution in [1.82, 2.24) is 0 Å². The third kappa shape index (κ3) is 4.05. The van der Waals surface area contributed by atoms with Crippen molar-refractivity contribution in [2.75, 3.05) is 11.5 Å². The molecule has 1 heterocycles. The number of carbonyl (C=O) groups is 3. The fraction of sp³-hybridized carbons (Fsp3) is 0.160. The van der Waals surface area contributed by atoms with Crippen LogP contribution in [0.5, 0.6) is 11.5 Å². The zero-order valence-electron chi connectivity index (χ0n) is 17.2. The lowest BCUT2D eigenvalue weighted by Gasteiger charge is -2.15. The molecule has 156 valence electrons. The van der Waals surface area contributed by atoms with Crippen molar-refractivity contribution < 1.29 is 23.9 Å². The smallest absolute Gasteiger partial charge is 0.349 e. The maximum atomic E-state index is 12.7. The van der Waals surface area contributed by atoms with Crippen LogP contribution < -0.4 is 14.4 Å². The Balaban J connectivity index is 1.46. The average Bonchev–Trinajstić information content (AvgIpc) is 3.03. The van der Waals surface area contributed by atoms with Crippen molar-refractivity contribution in [3.8, 4) is 11.5 Å². The van der Waals surface area contributed by atoms with Crippen LogP contribution in [0.1, 0.15) is 46.0 Å². The molecule has 2 amide bonds. The number of imide groups is 1. The number of hydrogen-bond acceptors (Lipinski definition) is 5. The van der Waals surface area contributed by atoms with Gasteiger partial charge in [-0.2, -0.15) is 0 Å². The van der Waals surface area contributed by atoms with Gasteiger partial charge in [-0.15, -0.1) is 0 Å². The van der Waals surface area contributed by atoms with E-state index in [1.165, 1.54) is 6.07 Å². The second-order valence-corrected chi connectivity index (χ2v) is 7.44. The number of carbonyl (C=O) groups excluding carboxylic acids is 3. The Bertz CT molecular complexity index is 1130. The van der Waals surface area contributed by atoms with E-state index in [0.717, 1.165) is 10.5 Å². The summed E-state index contributed by atoms with van der Waals surface area (Å²) in [7, 11) is 0. The van der Waals surface area contributed by atoms with Crippen molar-refractivity contribution >= 4 is 23.5 Å². The van der Waals surface area contributed by atoms with E-state index in [-0.39, 0.29) is 18.3 Å². The summed E-state index contributed by atoms with van der Waals surface area (Å²) in [5.41, 5.74) is 2.05. The highest BCUT2D eigenvalue weighted by Crippen LogP contribution is 2.30. The zero-order chi connectivity index (χ0) is 22.0. The maximum absolute atomic E-state index is 12.7. The molecule has 0 fully saturated rings. The molecule has 0 atom stereocenters. The Labute approximate surface area is 180 Å². The number of benzene rings is 3. The number of ether oxygens (including phenoxy) is 2. The van der Waals surface area contributed by atoms with Crippen LogP contribution in [0.3, 0.4) is 0 Å². The number of esters is 1. The van der Waals surface area contributed by atoms with Crippen LogP contribution in [0, 0.1) is 0 Å². The summed E-state index contributed by atoms with van der Waals surface area (Å²) in [5, 5.41) is 0. The minimum atomic E-state index is -0.585. The molecule has 1 aliphatic rings. The number of rotatable bonds is 6. The summed E-state index contributed by atoms with van der Waals surface area (Å²) in [5.74, 6) is -0.286. The third-order valence-corrected chi connectivity index (χ3v) is 4.99. The first-order valence-electron chi connectivity index (χ1n) is 9.96.